The van der Waals surface area contributed by atoms with Crippen LogP contribution in [0.15, 0.2) is 72.8 Å². The minimum absolute atomic E-state index is 0. The standard InChI is InChI=1S/C21H16NO6P.2Na/c1-22-18-8-4-2-6-16(18)20(17-7-3-5-9-19(17)22)21(23)27-14-10-12-15(13-11-14)28-29(24,25)26;;/h2-13H,1H3,(H-,24,25,26);;/q;2*+1/p-1. The van der Waals surface area contributed by atoms with Crippen LogP contribution in [0.5, 0.6) is 11.5 Å². The average molecular weight is 454 g/mol. The van der Waals surface area contributed by atoms with Gasteiger partial charge in [0.05, 0.1) is 16.3 Å². The van der Waals surface area contributed by atoms with E-state index in [1.165, 1.54) is 24.3 Å². The molecule has 4 rings (SSSR count). The van der Waals surface area contributed by atoms with Gasteiger partial charge in [-0.25, -0.2) is 4.79 Å². The molecule has 4 aromatic rings. The van der Waals surface area contributed by atoms with Gasteiger partial charge in [-0.15, -0.1) is 0 Å². The van der Waals surface area contributed by atoms with Crippen molar-refractivity contribution in [3.8, 4) is 11.5 Å². The van der Waals surface area contributed by atoms with E-state index in [2.05, 4.69) is 4.52 Å². The molecule has 0 radical (unpaired) electrons. The Morgan fingerprint density at radius 3 is 1.74 bits per heavy atom. The van der Waals surface area contributed by atoms with Crippen molar-refractivity contribution in [2.24, 2.45) is 7.05 Å². The Labute approximate surface area is 222 Å². The SMILES string of the molecule is C[n+]1c2ccccc2c(C(=O)Oc2ccc(OP(=O)([O-])[O-])cc2)c2ccccc21.[Na+].[Na+]. The molecule has 0 aliphatic rings. The van der Waals surface area contributed by atoms with Crippen molar-refractivity contribution >= 4 is 35.6 Å². The van der Waals surface area contributed by atoms with Crippen molar-refractivity contribution in [1.29, 1.82) is 0 Å². The quantitative estimate of drug-likeness (QED) is 0.0785. The van der Waals surface area contributed by atoms with Crippen molar-refractivity contribution in [2.75, 3.05) is 0 Å². The largest absolute Gasteiger partial charge is 1.00 e. The molecule has 1 heterocycles. The summed E-state index contributed by atoms with van der Waals surface area (Å²) in [6.07, 6.45) is 0. The van der Waals surface area contributed by atoms with Crippen molar-refractivity contribution in [3.63, 3.8) is 0 Å². The van der Waals surface area contributed by atoms with Gasteiger partial charge in [-0.3, -0.25) is 0 Å². The monoisotopic (exact) mass is 454 g/mol. The van der Waals surface area contributed by atoms with Gasteiger partial charge in [0.1, 0.15) is 26.4 Å². The van der Waals surface area contributed by atoms with E-state index >= 15 is 0 Å². The summed E-state index contributed by atoms with van der Waals surface area (Å²) in [5, 5.41) is 1.50. The third-order valence-corrected chi connectivity index (χ3v) is 4.96. The molecule has 0 bridgehead atoms. The summed E-state index contributed by atoms with van der Waals surface area (Å²) in [7, 11) is -3.21. The third kappa shape index (κ3) is 5.76. The summed E-state index contributed by atoms with van der Waals surface area (Å²) in [6.45, 7) is 0. The second-order valence-electron chi connectivity index (χ2n) is 6.37. The van der Waals surface area contributed by atoms with Gasteiger partial charge in [0, 0.05) is 12.1 Å². The Bertz CT molecular complexity index is 1230. The number of phosphoric acid groups is 1. The first kappa shape index (κ1) is 26.0. The third-order valence-electron chi connectivity index (χ3n) is 4.53. The number of hydrogen-bond donors (Lipinski definition) is 0. The van der Waals surface area contributed by atoms with Crippen molar-refractivity contribution < 1.29 is 92.1 Å². The van der Waals surface area contributed by atoms with Crippen LogP contribution >= 0.6 is 7.82 Å². The number of carbonyl (C=O) groups is 1. The molecule has 0 spiro atoms. The summed E-state index contributed by atoms with van der Waals surface area (Å²) in [5.41, 5.74) is 2.19. The van der Waals surface area contributed by atoms with Crippen LogP contribution in [0, 0.1) is 0 Å². The zero-order valence-corrected chi connectivity index (χ0v) is 22.2. The Morgan fingerprint density at radius 1 is 0.806 bits per heavy atom. The Balaban J connectivity index is 0.00000171. The first-order valence-corrected chi connectivity index (χ1v) is 10.1. The molecule has 0 aliphatic heterocycles. The van der Waals surface area contributed by atoms with E-state index in [-0.39, 0.29) is 70.6 Å². The minimum atomic E-state index is -5.15. The van der Waals surface area contributed by atoms with Gasteiger partial charge in [-0.2, -0.15) is 4.57 Å². The molecular weight excluding hydrogens is 439 g/mol. The van der Waals surface area contributed by atoms with E-state index in [1.807, 2.05) is 60.1 Å². The molecule has 0 fully saturated rings. The van der Waals surface area contributed by atoms with Crippen LogP contribution in [0.25, 0.3) is 21.8 Å². The molecule has 0 amide bonds. The van der Waals surface area contributed by atoms with Crippen molar-refractivity contribution in [3.05, 3.63) is 78.4 Å². The number of benzene rings is 3. The van der Waals surface area contributed by atoms with Crippen LogP contribution in [-0.4, -0.2) is 5.97 Å². The van der Waals surface area contributed by atoms with E-state index in [0.717, 1.165) is 21.8 Å². The number of nitrogens with zero attached hydrogens (tertiary/aromatic N) is 1. The number of rotatable bonds is 4. The molecule has 0 atom stereocenters. The number of phosphoric ester groups is 1. The number of aromatic nitrogens is 1. The number of carbonyl (C=O) groups excluding carboxylic acids is 1. The number of para-hydroxylation sites is 2. The number of fused-ring (bicyclic) bond motifs is 2. The second-order valence-corrected chi connectivity index (χ2v) is 7.44. The summed E-state index contributed by atoms with van der Waals surface area (Å²) >= 11 is 0. The summed E-state index contributed by atoms with van der Waals surface area (Å²) in [5.74, 6) is -0.513. The van der Waals surface area contributed by atoms with E-state index in [9.17, 15) is 19.1 Å². The number of ether oxygens (including phenoxy) is 1. The first-order valence-electron chi connectivity index (χ1n) is 8.67. The van der Waals surface area contributed by atoms with Crippen molar-refractivity contribution in [1.82, 2.24) is 0 Å². The number of pyridine rings is 1. The zero-order valence-electron chi connectivity index (χ0n) is 17.3. The van der Waals surface area contributed by atoms with Gasteiger partial charge in [-0.05, 0) is 36.4 Å². The fraction of sp³-hybridized carbons (Fsp3) is 0.0476. The second kappa shape index (κ2) is 10.6. The van der Waals surface area contributed by atoms with E-state index < -0.39 is 13.8 Å². The predicted octanol–water partition coefficient (Wildman–Crippen LogP) is -3.75. The van der Waals surface area contributed by atoms with Crippen LogP contribution in [0.2, 0.25) is 0 Å². The maximum absolute atomic E-state index is 13.1. The zero-order chi connectivity index (χ0) is 20.6. The molecule has 146 valence electrons. The van der Waals surface area contributed by atoms with Crippen molar-refractivity contribution in [2.45, 2.75) is 0 Å². The Morgan fingerprint density at radius 2 is 1.26 bits per heavy atom. The van der Waals surface area contributed by atoms with Gasteiger partial charge >= 0.3 is 65.1 Å². The first-order chi connectivity index (χ1) is 13.8. The summed E-state index contributed by atoms with van der Waals surface area (Å²) in [6, 6.07) is 20.3. The number of aryl methyl sites for hydroxylation is 1. The number of hydrogen-bond acceptors (Lipinski definition) is 6. The van der Waals surface area contributed by atoms with Crippen LogP contribution < -0.4 is 82.7 Å². The Hall–Kier alpha value is -1.25. The van der Waals surface area contributed by atoms with Crippen LogP contribution in [0.1, 0.15) is 10.4 Å². The predicted molar refractivity (Wildman–Crippen MR) is 102 cm³/mol. The van der Waals surface area contributed by atoms with Gasteiger partial charge in [0.2, 0.25) is 11.0 Å². The molecule has 7 nitrogen and oxygen atoms in total. The molecule has 3 aromatic carbocycles. The molecule has 31 heavy (non-hydrogen) atoms. The minimum Gasteiger partial charge on any atom is -0.780 e. The van der Waals surface area contributed by atoms with E-state index in [0.29, 0.717) is 5.56 Å². The maximum Gasteiger partial charge on any atom is 1.00 e. The molecule has 10 heteroatoms. The van der Waals surface area contributed by atoms with E-state index in [1.54, 1.807) is 0 Å². The molecule has 0 saturated carbocycles. The summed E-state index contributed by atoms with van der Waals surface area (Å²) < 4.78 is 22.5. The molecule has 0 saturated heterocycles. The fourth-order valence-electron chi connectivity index (χ4n) is 3.31. The Kier molecular flexibility index (Phi) is 8.87. The van der Waals surface area contributed by atoms with Gasteiger partial charge in [0.25, 0.3) is 0 Å². The maximum atomic E-state index is 13.1. The molecule has 1 aromatic heterocycles. The summed E-state index contributed by atoms with van der Waals surface area (Å²) in [4.78, 5) is 34.4. The normalized spacial score (nSPS) is 10.8. The molecule has 0 aliphatic carbocycles. The van der Waals surface area contributed by atoms with Gasteiger partial charge in [0.15, 0.2) is 0 Å². The van der Waals surface area contributed by atoms with Gasteiger partial charge in [-0.1, -0.05) is 24.3 Å². The number of esters is 1. The average Bonchev–Trinajstić information content (AvgIpc) is 2.69. The van der Waals surface area contributed by atoms with Gasteiger partial charge < -0.3 is 23.6 Å². The fourth-order valence-corrected chi connectivity index (χ4v) is 3.69. The smallest absolute Gasteiger partial charge is 0.780 e. The van der Waals surface area contributed by atoms with E-state index in [4.69, 9.17) is 4.74 Å². The topological polar surface area (TPSA) is 103 Å². The molecule has 0 unspecified atom stereocenters. The molecule has 0 N–H and O–H groups in total. The van der Waals surface area contributed by atoms with Crippen LogP contribution in [0.4, 0.5) is 0 Å². The van der Waals surface area contributed by atoms with Crippen LogP contribution in [0.3, 0.4) is 0 Å². The molecular formula is C21H15NNa2O6P+. The van der Waals surface area contributed by atoms with Crippen LogP contribution in [-0.2, 0) is 11.6 Å².